The molecule has 1 aliphatic rings. The molecule has 2 heterocycles. The van der Waals surface area contributed by atoms with E-state index in [1.165, 1.54) is 0 Å². The maximum atomic E-state index is 13.6. The molecule has 0 spiro atoms. The van der Waals surface area contributed by atoms with Crippen LogP contribution in [0.25, 0.3) is 5.57 Å². The highest BCUT2D eigenvalue weighted by atomic mass is 16.5. The molecular weight excluding hydrogens is 584 g/mol. The maximum Gasteiger partial charge on any atom is 0.345 e. The third kappa shape index (κ3) is 6.92. The van der Waals surface area contributed by atoms with Gasteiger partial charge in [-0.2, -0.15) is 0 Å². The molecule has 6 nitrogen and oxygen atoms in total. The van der Waals surface area contributed by atoms with Crippen molar-refractivity contribution in [3.63, 3.8) is 0 Å². The van der Waals surface area contributed by atoms with Gasteiger partial charge in [0.2, 0.25) is 0 Å². The number of nitrogens with one attached hydrogen (secondary N) is 1. The largest absolute Gasteiger partial charge is 0.423 e. The molecule has 3 aromatic carbocycles. The fourth-order valence-corrected chi connectivity index (χ4v) is 5.91. The molecule has 1 aromatic heterocycles. The number of aliphatic imine (C=N–C) groups is 1. The van der Waals surface area contributed by atoms with Crippen molar-refractivity contribution in [1.29, 1.82) is 0 Å². The van der Waals surface area contributed by atoms with Gasteiger partial charge in [-0.3, -0.25) is 4.99 Å². The van der Waals surface area contributed by atoms with E-state index in [4.69, 9.17) is 14.5 Å². The molecule has 0 saturated carbocycles. The molecule has 0 saturated heterocycles. The quantitative estimate of drug-likeness (QED) is 0.170. The molecule has 0 fully saturated rings. The Morgan fingerprint density at radius 2 is 1.15 bits per heavy atom. The predicted octanol–water partition coefficient (Wildman–Crippen LogP) is 9.60. The first-order valence-corrected chi connectivity index (χ1v) is 16.0. The average molecular weight is 629 g/mol. The summed E-state index contributed by atoms with van der Waals surface area (Å²) in [4.78, 5) is 35.5. The van der Waals surface area contributed by atoms with Gasteiger partial charge in [0.15, 0.2) is 0 Å². The number of benzene rings is 3. The summed E-state index contributed by atoms with van der Waals surface area (Å²) in [6.45, 7) is 20.3. The number of rotatable bonds is 6. The Labute approximate surface area is 278 Å². The highest BCUT2D eigenvalue weighted by molar-refractivity contribution is 6.23. The Kier molecular flexibility index (Phi) is 9.00. The lowest BCUT2D eigenvalue weighted by atomic mass is 9.87. The summed E-state index contributed by atoms with van der Waals surface area (Å²) in [5.41, 5.74) is 8.94. The number of aromatic amines is 1. The Morgan fingerprint density at radius 3 is 1.64 bits per heavy atom. The van der Waals surface area contributed by atoms with Gasteiger partial charge in [-0.1, -0.05) is 96.1 Å². The number of carbonyl (C=O) groups is 2. The minimum atomic E-state index is -0.462. The molecule has 242 valence electrons. The third-order valence-corrected chi connectivity index (χ3v) is 8.63. The van der Waals surface area contributed by atoms with Gasteiger partial charge in [-0.25, -0.2) is 9.59 Å². The van der Waals surface area contributed by atoms with Gasteiger partial charge in [0.25, 0.3) is 0 Å². The van der Waals surface area contributed by atoms with Gasteiger partial charge in [0.05, 0.1) is 28.2 Å². The topological polar surface area (TPSA) is 80.8 Å². The van der Waals surface area contributed by atoms with Crippen LogP contribution in [0, 0.1) is 13.8 Å². The molecule has 1 N–H and O–H groups in total. The molecule has 4 aromatic rings. The molecule has 0 radical (unpaired) electrons. The number of hydrogen-bond donors (Lipinski definition) is 1. The molecule has 0 unspecified atom stereocenters. The number of ether oxygens (including phenoxy) is 2. The van der Waals surface area contributed by atoms with Crippen molar-refractivity contribution in [3.8, 4) is 11.5 Å². The fraction of sp³-hybridized carbons (Fsp3) is 0.293. The monoisotopic (exact) mass is 628 g/mol. The average Bonchev–Trinajstić information content (AvgIpc) is 3.46. The molecule has 0 amide bonds. The van der Waals surface area contributed by atoms with E-state index in [-0.39, 0.29) is 10.8 Å². The van der Waals surface area contributed by atoms with Gasteiger partial charge >= 0.3 is 11.9 Å². The summed E-state index contributed by atoms with van der Waals surface area (Å²) in [6, 6.07) is 25.1. The lowest BCUT2D eigenvalue weighted by Crippen LogP contribution is -2.16. The smallest absolute Gasteiger partial charge is 0.345 e. The van der Waals surface area contributed by atoms with Crippen molar-refractivity contribution in [2.75, 3.05) is 0 Å². The number of hydrogen-bond acceptors (Lipinski definition) is 5. The first kappa shape index (κ1) is 33.4. The minimum absolute atomic E-state index is 0.00541. The number of esters is 2. The van der Waals surface area contributed by atoms with Crippen molar-refractivity contribution in [2.24, 2.45) is 4.99 Å². The Hall–Kier alpha value is -4.97. The molecule has 5 rings (SSSR count). The van der Waals surface area contributed by atoms with Crippen LogP contribution in [0.15, 0.2) is 101 Å². The lowest BCUT2D eigenvalue weighted by Gasteiger charge is -2.19. The SMILES string of the molecule is CC1=N/C(=C(/c2ccccc2)c2[nH]c(C)c(C(=O)Oc3ccc(C(C)(C)C)cc3)c2C)C(C)=C1C(=O)Oc1ccc(C(C)(C)C)cc1. The van der Waals surface area contributed by atoms with Gasteiger partial charge in [0, 0.05) is 11.3 Å². The second kappa shape index (κ2) is 12.7. The molecular formula is C41H44N2O4. The molecule has 0 bridgehead atoms. The number of H-pyrrole nitrogens is 1. The first-order chi connectivity index (χ1) is 22.1. The summed E-state index contributed by atoms with van der Waals surface area (Å²) >= 11 is 0. The van der Waals surface area contributed by atoms with E-state index in [9.17, 15) is 9.59 Å². The van der Waals surface area contributed by atoms with Crippen LogP contribution in [0.3, 0.4) is 0 Å². The van der Waals surface area contributed by atoms with Crippen molar-refractivity contribution in [3.05, 3.63) is 135 Å². The van der Waals surface area contributed by atoms with E-state index in [2.05, 4.69) is 46.5 Å². The van der Waals surface area contributed by atoms with Crippen LogP contribution < -0.4 is 9.47 Å². The van der Waals surface area contributed by atoms with Crippen molar-refractivity contribution in [1.82, 2.24) is 4.98 Å². The van der Waals surface area contributed by atoms with Crippen LogP contribution in [0.2, 0.25) is 0 Å². The molecule has 0 aliphatic carbocycles. The van der Waals surface area contributed by atoms with Crippen LogP contribution in [0.4, 0.5) is 0 Å². The van der Waals surface area contributed by atoms with Crippen molar-refractivity contribution >= 4 is 23.2 Å². The first-order valence-electron chi connectivity index (χ1n) is 16.0. The van der Waals surface area contributed by atoms with E-state index in [1.807, 2.05) is 107 Å². The summed E-state index contributed by atoms with van der Waals surface area (Å²) in [5.74, 6) is 0.0559. The van der Waals surface area contributed by atoms with Crippen LogP contribution in [-0.4, -0.2) is 22.6 Å². The summed E-state index contributed by atoms with van der Waals surface area (Å²) in [7, 11) is 0. The third-order valence-electron chi connectivity index (χ3n) is 8.63. The number of allylic oxidation sites excluding steroid dienone is 1. The Morgan fingerprint density at radius 1 is 0.660 bits per heavy atom. The Balaban J connectivity index is 1.53. The second-order valence-corrected chi connectivity index (χ2v) is 14.2. The number of nitrogens with zero attached hydrogens (tertiary/aromatic N) is 1. The van der Waals surface area contributed by atoms with Gasteiger partial charge in [0.1, 0.15) is 11.5 Å². The summed E-state index contributed by atoms with van der Waals surface area (Å²) < 4.78 is 11.7. The lowest BCUT2D eigenvalue weighted by molar-refractivity contribution is -0.129. The van der Waals surface area contributed by atoms with Gasteiger partial charge < -0.3 is 14.5 Å². The molecule has 6 heteroatoms. The van der Waals surface area contributed by atoms with E-state index < -0.39 is 11.9 Å². The highest BCUT2D eigenvalue weighted by Crippen LogP contribution is 2.39. The van der Waals surface area contributed by atoms with E-state index in [0.29, 0.717) is 45.3 Å². The zero-order chi connectivity index (χ0) is 34.3. The second-order valence-electron chi connectivity index (χ2n) is 14.2. The standard InChI is InChI=1S/C41H44N2O4/c1-24-33(38(44)46-31-20-16-29(17-21-31)40(5,6)7)26(3)42-36(24)35(28-14-12-11-13-15-28)37-25(2)34(27(4)43-37)39(45)47-32-22-18-30(19-23-32)41(8,9)10/h11-23,42H,1-10H3/b37-35-. The van der Waals surface area contributed by atoms with E-state index in [0.717, 1.165) is 33.5 Å². The zero-order valence-electron chi connectivity index (χ0n) is 29.1. The molecule has 47 heavy (non-hydrogen) atoms. The summed E-state index contributed by atoms with van der Waals surface area (Å²) in [6.07, 6.45) is 0. The van der Waals surface area contributed by atoms with E-state index >= 15 is 0 Å². The highest BCUT2D eigenvalue weighted by Gasteiger charge is 2.31. The predicted molar refractivity (Wildman–Crippen MR) is 189 cm³/mol. The number of carbonyl (C=O) groups excluding carboxylic acids is 2. The van der Waals surface area contributed by atoms with Gasteiger partial charge in [-0.15, -0.1) is 0 Å². The Bertz CT molecular complexity index is 1920. The van der Waals surface area contributed by atoms with Crippen molar-refractivity contribution in [2.45, 2.75) is 80.1 Å². The van der Waals surface area contributed by atoms with Crippen LogP contribution >= 0.6 is 0 Å². The van der Waals surface area contributed by atoms with Crippen LogP contribution in [0.5, 0.6) is 11.5 Å². The fourth-order valence-electron chi connectivity index (χ4n) is 5.91. The van der Waals surface area contributed by atoms with Crippen LogP contribution in [0.1, 0.15) is 99.4 Å². The van der Waals surface area contributed by atoms with Gasteiger partial charge in [-0.05, 0) is 90.6 Å². The molecule has 0 atom stereocenters. The normalized spacial score (nSPS) is 14.6. The van der Waals surface area contributed by atoms with Crippen LogP contribution in [-0.2, 0) is 15.6 Å². The number of aromatic nitrogens is 1. The number of aryl methyl sites for hydroxylation is 1. The summed E-state index contributed by atoms with van der Waals surface area (Å²) in [5, 5.41) is 0. The molecule has 1 aliphatic heterocycles. The van der Waals surface area contributed by atoms with Crippen molar-refractivity contribution < 1.29 is 19.1 Å². The maximum absolute atomic E-state index is 13.6. The minimum Gasteiger partial charge on any atom is -0.423 e. The van der Waals surface area contributed by atoms with E-state index in [1.54, 1.807) is 0 Å². The zero-order valence-corrected chi connectivity index (χ0v) is 29.1.